The van der Waals surface area contributed by atoms with Gasteiger partial charge in [0.05, 0.1) is 0 Å². The van der Waals surface area contributed by atoms with Gasteiger partial charge in [0.15, 0.2) is 0 Å². The van der Waals surface area contributed by atoms with Gasteiger partial charge in [-0.2, -0.15) is 0 Å². The number of azide groups is 1. The molecule has 0 aromatic heterocycles. The van der Waals surface area contributed by atoms with E-state index in [1.54, 1.807) is 0 Å². The van der Waals surface area contributed by atoms with E-state index in [4.69, 9.17) is 10.3 Å². The van der Waals surface area contributed by atoms with Crippen LogP contribution >= 0.6 is 0 Å². The van der Waals surface area contributed by atoms with Crippen LogP contribution in [0.5, 0.6) is 0 Å². The van der Waals surface area contributed by atoms with Crippen molar-refractivity contribution < 1.29 is 9.53 Å². The molecule has 0 N–H and O–H groups in total. The molecule has 0 heterocycles. The molecule has 0 atom stereocenters. The van der Waals surface area contributed by atoms with Crippen LogP contribution in [0.2, 0.25) is 0 Å². The molecule has 0 unspecified atom stereocenters. The first-order valence-electron chi connectivity index (χ1n) is 8.96. The topological polar surface area (TPSA) is 78.3 Å². The summed E-state index contributed by atoms with van der Waals surface area (Å²) in [6.07, 6.45) is 9.17. The smallest absolute Gasteiger partial charge is 0.410 e. The third-order valence-corrected chi connectivity index (χ3v) is 4.85. The summed E-state index contributed by atoms with van der Waals surface area (Å²) in [5.74, 6) is 0. The van der Waals surface area contributed by atoms with Crippen LogP contribution in [0.3, 0.4) is 0 Å². The van der Waals surface area contributed by atoms with Crippen molar-refractivity contribution in [1.82, 2.24) is 4.90 Å². The van der Waals surface area contributed by atoms with Crippen LogP contribution in [-0.4, -0.2) is 34.7 Å². The molecule has 0 spiro atoms. The molecule has 130 valence electrons. The van der Waals surface area contributed by atoms with E-state index in [0.717, 1.165) is 38.5 Å². The average Bonchev–Trinajstić information content (AvgIpc) is 2.49. The van der Waals surface area contributed by atoms with Gasteiger partial charge in [0.25, 0.3) is 0 Å². The first-order valence-corrected chi connectivity index (χ1v) is 8.96. The number of amides is 1. The van der Waals surface area contributed by atoms with E-state index in [1.165, 1.54) is 19.3 Å². The van der Waals surface area contributed by atoms with E-state index < -0.39 is 5.60 Å². The van der Waals surface area contributed by atoms with E-state index in [-0.39, 0.29) is 18.2 Å². The summed E-state index contributed by atoms with van der Waals surface area (Å²) in [4.78, 5) is 17.7. The summed E-state index contributed by atoms with van der Waals surface area (Å²) in [6.45, 7) is 5.76. The highest BCUT2D eigenvalue weighted by Crippen LogP contribution is 2.32. The Morgan fingerprint density at radius 1 is 1.04 bits per heavy atom. The monoisotopic (exact) mass is 322 g/mol. The van der Waals surface area contributed by atoms with E-state index >= 15 is 0 Å². The fourth-order valence-electron chi connectivity index (χ4n) is 3.80. The molecule has 2 aliphatic carbocycles. The lowest BCUT2D eigenvalue weighted by molar-refractivity contribution is -0.00553. The average molecular weight is 322 g/mol. The first kappa shape index (κ1) is 17.9. The van der Waals surface area contributed by atoms with Gasteiger partial charge >= 0.3 is 6.09 Å². The van der Waals surface area contributed by atoms with Gasteiger partial charge < -0.3 is 9.64 Å². The van der Waals surface area contributed by atoms with Crippen molar-refractivity contribution >= 4 is 6.09 Å². The fourth-order valence-corrected chi connectivity index (χ4v) is 3.80. The number of hydrogen-bond acceptors (Lipinski definition) is 3. The molecule has 1 amide bonds. The molecule has 6 heteroatoms. The van der Waals surface area contributed by atoms with Crippen LogP contribution in [0.1, 0.15) is 78.6 Å². The molecular weight excluding hydrogens is 292 g/mol. The van der Waals surface area contributed by atoms with Crippen LogP contribution in [0.25, 0.3) is 10.4 Å². The predicted octanol–water partition coefficient (Wildman–Crippen LogP) is 5.18. The van der Waals surface area contributed by atoms with Gasteiger partial charge in [-0.15, -0.1) is 0 Å². The zero-order valence-corrected chi connectivity index (χ0v) is 14.7. The highest BCUT2D eigenvalue weighted by molar-refractivity contribution is 5.69. The lowest BCUT2D eigenvalue weighted by Crippen LogP contribution is -2.51. The summed E-state index contributed by atoms with van der Waals surface area (Å²) in [5, 5.41) is 3.84. The molecule has 2 rings (SSSR count). The second-order valence-electron chi connectivity index (χ2n) is 7.85. The van der Waals surface area contributed by atoms with Crippen molar-refractivity contribution in [2.24, 2.45) is 5.11 Å². The van der Waals surface area contributed by atoms with E-state index in [9.17, 15) is 4.79 Å². The van der Waals surface area contributed by atoms with E-state index in [1.807, 2.05) is 25.7 Å². The Bertz CT molecular complexity index is 440. The molecule has 0 radical (unpaired) electrons. The van der Waals surface area contributed by atoms with Crippen molar-refractivity contribution in [2.75, 3.05) is 0 Å². The summed E-state index contributed by atoms with van der Waals surface area (Å²) in [6, 6.07) is 0.612. The minimum Gasteiger partial charge on any atom is -0.444 e. The number of hydrogen-bond donors (Lipinski definition) is 0. The number of ether oxygens (including phenoxy) is 1. The zero-order valence-electron chi connectivity index (χ0n) is 14.7. The van der Waals surface area contributed by atoms with Crippen molar-refractivity contribution in [2.45, 2.75) is 102 Å². The Morgan fingerprint density at radius 3 is 2.13 bits per heavy atom. The lowest BCUT2D eigenvalue weighted by atomic mass is 9.87. The molecule has 2 fully saturated rings. The molecule has 0 bridgehead atoms. The molecule has 2 saturated carbocycles. The summed E-state index contributed by atoms with van der Waals surface area (Å²) >= 11 is 0. The van der Waals surface area contributed by atoms with Gasteiger partial charge in [-0.1, -0.05) is 24.4 Å². The molecule has 23 heavy (non-hydrogen) atoms. The summed E-state index contributed by atoms with van der Waals surface area (Å²) < 4.78 is 5.69. The third kappa shape index (κ3) is 5.31. The van der Waals surface area contributed by atoms with Crippen molar-refractivity contribution in [3.63, 3.8) is 0 Å². The quantitative estimate of drug-likeness (QED) is 0.408. The van der Waals surface area contributed by atoms with Crippen molar-refractivity contribution in [3.05, 3.63) is 10.4 Å². The Morgan fingerprint density at radius 2 is 1.61 bits per heavy atom. The minimum atomic E-state index is -0.466. The second kappa shape index (κ2) is 7.91. The molecular formula is C17H30N4O2. The third-order valence-electron chi connectivity index (χ3n) is 4.85. The highest BCUT2D eigenvalue weighted by Gasteiger charge is 2.36. The van der Waals surface area contributed by atoms with Gasteiger partial charge in [-0.05, 0) is 64.8 Å². The summed E-state index contributed by atoms with van der Waals surface area (Å²) in [5.41, 5.74) is 8.12. The van der Waals surface area contributed by atoms with Gasteiger partial charge in [0.2, 0.25) is 0 Å². The maximum Gasteiger partial charge on any atom is 0.410 e. The maximum atomic E-state index is 12.8. The standard InChI is InChI=1S/C17H30N4O2/c1-17(2,3)23-16(22)21(14-7-5-4-6-8-14)15-11-9-13(10-12-15)19-20-18/h13-15H,4-12H2,1-3H3. The van der Waals surface area contributed by atoms with Crippen molar-refractivity contribution in [3.8, 4) is 0 Å². The number of carbonyl (C=O) groups is 1. The Kier molecular flexibility index (Phi) is 6.17. The second-order valence-corrected chi connectivity index (χ2v) is 7.85. The number of nitrogens with zero attached hydrogens (tertiary/aromatic N) is 4. The molecule has 6 nitrogen and oxygen atoms in total. The zero-order chi connectivity index (χ0) is 16.9. The van der Waals surface area contributed by atoms with Crippen LogP contribution in [0.15, 0.2) is 5.11 Å². The van der Waals surface area contributed by atoms with Crippen molar-refractivity contribution in [1.29, 1.82) is 0 Å². The van der Waals surface area contributed by atoms with Gasteiger partial charge in [-0.25, -0.2) is 4.79 Å². The van der Waals surface area contributed by atoms with Gasteiger partial charge in [0, 0.05) is 23.0 Å². The number of rotatable bonds is 3. The van der Waals surface area contributed by atoms with Crippen LogP contribution in [-0.2, 0) is 4.74 Å². The van der Waals surface area contributed by atoms with Crippen LogP contribution in [0.4, 0.5) is 4.79 Å². The predicted molar refractivity (Wildman–Crippen MR) is 90.1 cm³/mol. The van der Waals surface area contributed by atoms with Gasteiger partial charge in [-0.3, -0.25) is 0 Å². The fraction of sp³-hybridized carbons (Fsp3) is 0.941. The first-order chi connectivity index (χ1) is 10.9. The van der Waals surface area contributed by atoms with Gasteiger partial charge in [0.1, 0.15) is 5.60 Å². The molecule has 2 aliphatic rings. The van der Waals surface area contributed by atoms with Crippen LogP contribution < -0.4 is 0 Å². The van der Waals surface area contributed by atoms with E-state index in [2.05, 4.69) is 10.0 Å². The van der Waals surface area contributed by atoms with E-state index in [0.29, 0.717) is 6.04 Å². The summed E-state index contributed by atoms with van der Waals surface area (Å²) in [7, 11) is 0. The maximum absolute atomic E-state index is 12.8. The normalized spacial score (nSPS) is 26.2. The van der Waals surface area contributed by atoms with Crippen LogP contribution in [0, 0.1) is 0 Å². The number of carbonyl (C=O) groups excluding carboxylic acids is 1. The molecule has 0 aliphatic heterocycles. The Hall–Kier alpha value is -1.42. The minimum absolute atomic E-state index is 0.0862. The Labute approximate surface area is 139 Å². The SMILES string of the molecule is CC(C)(C)OC(=O)N(C1CCCCC1)C1CCC(N=[N+]=[N-])CC1. The molecule has 0 saturated heterocycles. The lowest BCUT2D eigenvalue weighted by Gasteiger charge is -2.42. The molecule has 0 aromatic carbocycles. The molecule has 0 aromatic rings. The Balaban J connectivity index is 2.07. The highest BCUT2D eigenvalue weighted by atomic mass is 16.6. The largest absolute Gasteiger partial charge is 0.444 e.